The van der Waals surface area contributed by atoms with Crippen LogP contribution >= 0.6 is 24.0 Å². The van der Waals surface area contributed by atoms with Crippen LogP contribution in [-0.4, -0.2) is 41.1 Å². The van der Waals surface area contributed by atoms with Gasteiger partial charge in [-0.05, 0) is 51.4 Å². The third-order valence-corrected chi connectivity index (χ3v) is 4.93. The van der Waals surface area contributed by atoms with Gasteiger partial charge in [-0.15, -0.1) is 17.5 Å². The summed E-state index contributed by atoms with van der Waals surface area (Å²) in [5.74, 6) is 0.199. The maximum Gasteiger partial charge on any atom is 0.278 e. The van der Waals surface area contributed by atoms with E-state index >= 15 is 0 Å². The van der Waals surface area contributed by atoms with E-state index in [0.717, 1.165) is 37.2 Å². The first kappa shape index (κ1) is 20.5. The van der Waals surface area contributed by atoms with Crippen LogP contribution in [0.25, 0.3) is 0 Å². The maximum atomic E-state index is 12.7. The smallest absolute Gasteiger partial charge is 0.278 e. The van der Waals surface area contributed by atoms with Crippen LogP contribution in [0.1, 0.15) is 40.6 Å². The van der Waals surface area contributed by atoms with Crippen molar-refractivity contribution >= 4 is 35.6 Å². The largest absolute Gasteiger partial charge is 0.495 e. The highest BCUT2D eigenvalue weighted by atomic mass is 35.5. The van der Waals surface area contributed by atoms with E-state index < -0.39 is 0 Å². The van der Waals surface area contributed by atoms with Gasteiger partial charge in [0.05, 0.1) is 24.5 Å². The van der Waals surface area contributed by atoms with Crippen molar-refractivity contribution in [1.82, 2.24) is 20.3 Å². The van der Waals surface area contributed by atoms with Crippen LogP contribution in [0.5, 0.6) is 5.75 Å². The molecule has 1 amide bonds. The number of piperidine rings is 1. The first-order valence-electron chi connectivity index (χ1n) is 8.29. The van der Waals surface area contributed by atoms with Gasteiger partial charge in [-0.3, -0.25) is 4.79 Å². The van der Waals surface area contributed by atoms with Crippen LogP contribution in [0, 0.1) is 13.8 Å². The molecule has 2 N–H and O–H groups in total. The second-order valence-electron chi connectivity index (χ2n) is 6.21. The lowest BCUT2D eigenvalue weighted by Gasteiger charge is -2.23. The molecule has 1 fully saturated rings. The second kappa shape index (κ2) is 8.70. The standard InChI is InChI=1S/C17H22ClN5O2.ClH/c1-10-8-14(15(25-3)9-13(10)18)20-17(24)16-11(2)23(22-21-16)12-4-6-19-7-5-12;/h8-9,12,19H,4-7H2,1-3H3,(H,20,24);1H. The number of nitrogens with one attached hydrogen (secondary N) is 2. The van der Waals surface area contributed by atoms with Gasteiger partial charge in [0, 0.05) is 11.1 Å². The number of hydrogen-bond acceptors (Lipinski definition) is 5. The molecule has 0 spiro atoms. The first-order valence-corrected chi connectivity index (χ1v) is 8.67. The summed E-state index contributed by atoms with van der Waals surface area (Å²) in [7, 11) is 1.54. The minimum Gasteiger partial charge on any atom is -0.495 e. The summed E-state index contributed by atoms with van der Waals surface area (Å²) in [5, 5.41) is 15.1. The van der Waals surface area contributed by atoms with Gasteiger partial charge in [-0.2, -0.15) is 0 Å². The number of carbonyl (C=O) groups excluding carboxylic acids is 1. The lowest BCUT2D eigenvalue weighted by Crippen LogP contribution is -2.30. The van der Waals surface area contributed by atoms with Crippen molar-refractivity contribution < 1.29 is 9.53 Å². The quantitative estimate of drug-likeness (QED) is 0.824. The Hall–Kier alpha value is -1.83. The molecule has 1 aromatic carbocycles. The number of hydrogen-bond donors (Lipinski definition) is 2. The Morgan fingerprint density at radius 1 is 1.35 bits per heavy atom. The molecule has 0 atom stereocenters. The van der Waals surface area contributed by atoms with Gasteiger partial charge in [-0.25, -0.2) is 4.68 Å². The molecule has 0 saturated carbocycles. The average molecular weight is 400 g/mol. The number of halogens is 2. The fourth-order valence-electron chi connectivity index (χ4n) is 3.06. The van der Waals surface area contributed by atoms with Gasteiger partial charge >= 0.3 is 0 Å². The van der Waals surface area contributed by atoms with Crippen molar-refractivity contribution in [1.29, 1.82) is 0 Å². The Morgan fingerprint density at radius 2 is 2.04 bits per heavy atom. The number of ether oxygens (including phenoxy) is 1. The first-order chi connectivity index (χ1) is 12.0. The van der Waals surface area contributed by atoms with Crippen molar-refractivity contribution in [3.05, 3.63) is 34.1 Å². The topological polar surface area (TPSA) is 81.1 Å². The van der Waals surface area contributed by atoms with E-state index in [9.17, 15) is 4.79 Å². The van der Waals surface area contributed by atoms with Gasteiger partial charge in [0.1, 0.15) is 5.75 Å². The van der Waals surface area contributed by atoms with E-state index in [4.69, 9.17) is 16.3 Å². The predicted molar refractivity (Wildman–Crippen MR) is 104 cm³/mol. The van der Waals surface area contributed by atoms with E-state index in [0.29, 0.717) is 22.2 Å². The molecule has 0 unspecified atom stereocenters. The van der Waals surface area contributed by atoms with Crippen LogP contribution in [0.2, 0.25) is 5.02 Å². The number of methoxy groups -OCH3 is 1. The zero-order chi connectivity index (χ0) is 18.0. The number of benzene rings is 1. The summed E-state index contributed by atoms with van der Waals surface area (Å²) < 4.78 is 7.16. The van der Waals surface area contributed by atoms with E-state index in [1.54, 1.807) is 12.1 Å². The molecule has 1 aliphatic rings. The van der Waals surface area contributed by atoms with Crippen LogP contribution in [-0.2, 0) is 0 Å². The average Bonchev–Trinajstić information content (AvgIpc) is 3.00. The minimum absolute atomic E-state index is 0. The molecule has 0 radical (unpaired) electrons. The van der Waals surface area contributed by atoms with Gasteiger partial charge < -0.3 is 15.4 Å². The van der Waals surface area contributed by atoms with Gasteiger partial charge in [0.15, 0.2) is 5.69 Å². The maximum absolute atomic E-state index is 12.7. The highest BCUT2D eigenvalue weighted by Gasteiger charge is 2.23. The number of rotatable bonds is 4. The summed E-state index contributed by atoms with van der Waals surface area (Å²) in [6, 6.07) is 3.75. The number of anilines is 1. The van der Waals surface area contributed by atoms with Crippen molar-refractivity contribution in [3.8, 4) is 5.75 Å². The van der Waals surface area contributed by atoms with Gasteiger partial charge in [0.25, 0.3) is 5.91 Å². The van der Waals surface area contributed by atoms with E-state index in [-0.39, 0.29) is 24.4 Å². The molecule has 3 rings (SSSR count). The molecule has 142 valence electrons. The van der Waals surface area contributed by atoms with Crippen molar-refractivity contribution in [3.63, 3.8) is 0 Å². The molecule has 1 aromatic heterocycles. The monoisotopic (exact) mass is 399 g/mol. The summed E-state index contributed by atoms with van der Waals surface area (Å²) >= 11 is 6.11. The Morgan fingerprint density at radius 3 is 2.69 bits per heavy atom. The Bertz CT molecular complexity index is 788. The van der Waals surface area contributed by atoms with E-state index in [1.807, 2.05) is 18.5 Å². The van der Waals surface area contributed by atoms with Crippen LogP contribution in [0.4, 0.5) is 5.69 Å². The highest BCUT2D eigenvalue weighted by Crippen LogP contribution is 2.31. The molecule has 26 heavy (non-hydrogen) atoms. The molecule has 9 heteroatoms. The fourth-order valence-corrected chi connectivity index (χ4v) is 3.21. The van der Waals surface area contributed by atoms with E-state index in [1.165, 1.54) is 7.11 Å². The predicted octanol–water partition coefficient (Wildman–Crippen LogP) is 3.16. The highest BCUT2D eigenvalue weighted by molar-refractivity contribution is 6.31. The SMILES string of the molecule is COc1cc(Cl)c(C)cc1NC(=O)c1nnn(C2CCNCC2)c1C.Cl. The summed E-state index contributed by atoms with van der Waals surface area (Å²) in [6.07, 6.45) is 1.96. The summed E-state index contributed by atoms with van der Waals surface area (Å²) in [6.45, 7) is 5.65. The van der Waals surface area contributed by atoms with Crippen molar-refractivity contribution in [2.24, 2.45) is 0 Å². The van der Waals surface area contributed by atoms with Crippen LogP contribution in [0.3, 0.4) is 0 Å². The minimum atomic E-state index is -0.308. The molecule has 7 nitrogen and oxygen atoms in total. The third-order valence-electron chi connectivity index (χ3n) is 4.53. The molecular weight excluding hydrogens is 377 g/mol. The molecule has 2 heterocycles. The molecule has 0 bridgehead atoms. The number of nitrogens with zero attached hydrogens (tertiary/aromatic N) is 3. The fraction of sp³-hybridized carbons (Fsp3) is 0.471. The normalized spacial score (nSPS) is 14.6. The summed E-state index contributed by atoms with van der Waals surface area (Å²) in [4.78, 5) is 12.7. The number of carbonyl (C=O) groups is 1. The Balaban J connectivity index is 0.00000243. The van der Waals surface area contributed by atoms with Crippen molar-refractivity contribution in [2.75, 3.05) is 25.5 Å². The molecule has 2 aromatic rings. The number of amides is 1. The third kappa shape index (κ3) is 4.11. The summed E-state index contributed by atoms with van der Waals surface area (Å²) in [5.41, 5.74) is 2.51. The molecular formula is C17H23Cl2N5O2. The molecule has 1 aliphatic heterocycles. The van der Waals surface area contributed by atoms with Crippen LogP contribution < -0.4 is 15.4 Å². The van der Waals surface area contributed by atoms with Crippen LogP contribution in [0.15, 0.2) is 12.1 Å². The second-order valence-corrected chi connectivity index (χ2v) is 6.61. The molecule has 0 aliphatic carbocycles. The van der Waals surface area contributed by atoms with Gasteiger partial charge in [-0.1, -0.05) is 16.8 Å². The molecule has 1 saturated heterocycles. The lowest BCUT2D eigenvalue weighted by molar-refractivity contribution is 0.102. The zero-order valence-electron chi connectivity index (χ0n) is 15.0. The Labute approximate surface area is 163 Å². The number of aryl methyl sites for hydroxylation is 1. The lowest BCUT2D eigenvalue weighted by atomic mass is 10.1. The van der Waals surface area contributed by atoms with Crippen molar-refractivity contribution in [2.45, 2.75) is 32.7 Å². The van der Waals surface area contributed by atoms with Gasteiger partial charge in [0.2, 0.25) is 0 Å². The van der Waals surface area contributed by atoms with E-state index in [2.05, 4.69) is 20.9 Å². The number of aromatic nitrogens is 3. The zero-order valence-corrected chi connectivity index (χ0v) is 16.6. The Kier molecular flexibility index (Phi) is 6.86.